The quantitative estimate of drug-likeness (QED) is 0.538. The normalized spacial score (nSPS) is 11.4. The number of nitrogens with one attached hydrogen (secondary N) is 1. The second kappa shape index (κ2) is 4.41. The van der Waals surface area contributed by atoms with E-state index in [1.165, 1.54) is 0 Å². The van der Waals surface area contributed by atoms with Crippen molar-refractivity contribution in [3.63, 3.8) is 0 Å². The Balaban J connectivity index is 1.89. The van der Waals surface area contributed by atoms with Crippen LogP contribution >= 0.6 is 0 Å². The maximum atomic E-state index is 4.39. The van der Waals surface area contributed by atoms with Gasteiger partial charge in [0.05, 0.1) is 11.0 Å². The smallest absolute Gasteiger partial charge is 0.227 e. The van der Waals surface area contributed by atoms with Crippen LogP contribution in [-0.4, -0.2) is 16.2 Å². The van der Waals surface area contributed by atoms with Crippen LogP contribution in [0.15, 0.2) is 53.8 Å². The molecule has 0 unspecified atom stereocenters. The number of hydrogen-bond donors (Lipinski definition) is 1. The minimum atomic E-state index is 0.629. The van der Waals surface area contributed by atoms with Gasteiger partial charge in [-0.15, -0.1) is 0 Å². The van der Waals surface area contributed by atoms with Crippen molar-refractivity contribution in [3.05, 3.63) is 54.4 Å². The zero-order chi connectivity index (χ0) is 12.4. The number of H-pyrrole nitrogens is 1. The lowest BCUT2D eigenvalue weighted by molar-refractivity contribution is -0.671. The fourth-order valence-electron chi connectivity index (χ4n) is 1.73. The molecular formula is C14H13N4+. The maximum Gasteiger partial charge on any atom is 0.227 e. The van der Waals surface area contributed by atoms with Crippen molar-refractivity contribution in [1.82, 2.24) is 9.97 Å². The van der Waals surface area contributed by atoms with Crippen molar-refractivity contribution in [3.8, 4) is 0 Å². The van der Waals surface area contributed by atoms with E-state index in [1.807, 2.05) is 60.4 Å². The van der Waals surface area contributed by atoms with Crippen LogP contribution in [0.5, 0.6) is 0 Å². The molecule has 1 aromatic carbocycles. The van der Waals surface area contributed by atoms with Gasteiger partial charge in [0.1, 0.15) is 7.05 Å². The molecule has 1 N–H and O–H groups in total. The molecule has 0 aliphatic heterocycles. The van der Waals surface area contributed by atoms with Crippen LogP contribution in [0, 0.1) is 0 Å². The largest absolute Gasteiger partial charge is 0.322 e. The van der Waals surface area contributed by atoms with E-state index in [-0.39, 0.29) is 0 Å². The highest BCUT2D eigenvalue weighted by Crippen LogP contribution is 2.15. The van der Waals surface area contributed by atoms with Crippen LogP contribution in [0.25, 0.3) is 11.0 Å². The van der Waals surface area contributed by atoms with E-state index in [9.17, 15) is 0 Å². The fraction of sp³-hybridized carbons (Fsp3) is 0.0714. The molecule has 2 heterocycles. The van der Waals surface area contributed by atoms with E-state index in [2.05, 4.69) is 15.0 Å². The molecule has 0 atom stereocenters. The summed E-state index contributed by atoms with van der Waals surface area (Å²) in [4.78, 5) is 11.9. The number of aryl methyl sites for hydroxylation is 1. The predicted molar refractivity (Wildman–Crippen MR) is 71.0 cm³/mol. The molecule has 3 aromatic rings. The number of rotatable bonds is 2. The first-order valence-electron chi connectivity index (χ1n) is 5.75. The number of hydrogen-bond acceptors (Lipinski definition) is 2. The van der Waals surface area contributed by atoms with Crippen molar-refractivity contribution in [2.75, 3.05) is 0 Å². The third kappa shape index (κ3) is 2.13. The first kappa shape index (κ1) is 10.7. The van der Waals surface area contributed by atoms with E-state index in [1.54, 1.807) is 6.21 Å². The molecule has 0 saturated carbocycles. The molecule has 0 amide bonds. The number of aromatic amines is 1. The van der Waals surface area contributed by atoms with Gasteiger partial charge in [-0.05, 0) is 12.1 Å². The average molecular weight is 237 g/mol. The molecule has 0 saturated heterocycles. The van der Waals surface area contributed by atoms with E-state index in [0.29, 0.717) is 5.95 Å². The van der Waals surface area contributed by atoms with Gasteiger partial charge < -0.3 is 4.98 Å². The summed E-state index contributed by atoms with van der Waals surface area (Å²) in [6.07, 6.45) is 5.78. The molecular weight excluding hydrogens is 224 g/mol. The molecule has 0 radical (unpaired) electrons. The van der Waals surface area contributed by atoms with Gasteiger partial charge in [0.25, 0.3) is 0 Å². The van der Waals surface area contributed by atoms with Crippen LogP contribution in [0.3, 0.4) is 0 Å². The van der Waals surface area contributed by atoms with Crippen molar-refractivity contribution in [2.24, 2.45) is 12.0 Å². The number of imidazole rings is 1. The van der Waals surface area contributed by atoms with Gasteiger partial charge in [0, 0.05) is 23.9 Å². The van der Waals surface area contributed by atoms with Gasteiger partial charge in [-0.3, -0.25) is 0 Å². The van der Waals surface area contributed by atoms with Crippen molar-refractivity contribution < 1.29 is 4.57 Å². The van der Waals surface area contributed by atoms with Gasteiger partial charge in [-0.25, -0.2) is 14.5 Å². The van der Waals surface area contributed by atoms with Gasteiger partial charge >= 0.3 is 0 Å². The Labute approximate surface area is 105 Å². The number of benzene rings is 1. The van der Waals surface area contributed by atoms with Crippen molar-refractivity contribution >= 4 is 23.2 Å². The van der Waals surface area contributed by atoms with Crippen LogP contribution in [0.2, 0.25) is 0 Å². The van der Waals surface area contributed by atoms with Gasteiger partial charge in [0.2, 0.25) is 5.95 Å². The molecule has 4 nitrogen and oxygen atoms in total. The molecule has 0 fully saturated rings. The highest BCUT2D eigenvalue weighted by atomic mass is 15.1. The monoisotopic (exact) mass is 237 g/mol. The Morgan fingerprint density at radius 3 is 2.72 bits per heavy atom. The summed E-state index contributed by atoms with van der Waals surface area (Å²) in [5, 5.41) is 0. The van der Waals surface area contributed by atoms with Gasteiger partial charge in [-0.1, -0.05) is 12.1 Å². The molecule has 2 aromatic heterocycles. The number of para-hydroxylation sites is 2. The fourth-order valence-corrected chi connectivity index (χ4v) is 1.73. The first-order valence-corrected chi connectivity index (χ1v) is 5.75. The summed E-state index contributed by atoms with van der Waals surface area (Å²) in [7, 11) is 1.99. The molecule has 18 heavy (non-hydrogen) atoms. The minimum absolute atomic E-state index is 0.629. The molecule has 0 aliphatic rings. The molecule has 4 heteroatoms. The highest BCUT2D eigenvalue weighted by molar-refractivity contribution is 5.82. The topological polar surface area (TPSA) is 44.9 Å². The summed E-state index contributed by atoms with van der Waals surface area (Å²) >= 11 is 0. The summed E-state index contributed by atoms with van der Waals surface area (Å²) in [5.74, 6) is 0.629. The van der Waals surface area contributed by atoms with Crippen LogP contribution < -0.4 is 4.57 Å². The maximum absolute atomic E-state index is 4.39. The molecule has 88 valence electrons. The third-order valence-electron chi connectivity index (χ3n) is 2.72. The number of aliphatic imine (C=N–C) groups is 1. The lowest BCUT2D eigenvalue weighted by Gasteiger charge is -1.89. The van der Waals surface area contributed by atoms with E-state index in [4.69, 9.17) is 0 Å². The zero-order valence-corrected chi connectivity index (χ0v) is 10.0. The van der Waals surface area contributed by atoms with E-state index >= 15 is 0 Å². The summed E-state index contributed by atoms with van der Waals surface area (Å²) < 4.78 is 1.98. The first-order chi connectivity index (χ1) is 8.81. The minimum Gasteiger partial charge on any atom is -0.322 e. The molecule has 0 aliphatic carbocycles. The number of aromatic nitrogens is 3. The van der Waals surface area contributed by atoms with Crippen LogP contribution in [0.1, 0.15) is 5.56 Å². The second-order valence-corrected chi connectivity index (χ2v) is 4.13. The van der Waals surface area contributed by atoms with E-state index in [0.717, 1.165) is 16.6 Å². The summed E-state index contributed by atoms with van der Waals surface area (Å²) in [5.41, 5.74) is 2.99. The highest BCUT2D eigenvalue weighted by Gasteiger charge is 1.99. The standard InChI is InChI=1S/C14H12N4/c1-18-8-6-11(7-9-18)10-15-14-16-12-4-2-3-5-13(12)17-14/h2-10H,1H3/p+1. The Bertz CT molecular complexity index is 662. The van der Waals surface area contributed by atoms with Crippen LogP contribution in [-0.2, 0) is 7.05 Å². The summed E-state index contributed by atoms with van der Waals surface area (Å²) in [6, 6.07) is 11.9. The van der Waals surface area contributed by atoms with Crippen molar-refractivity contribution in [2.45, 2.75) is 0 Å². The van der Waals surface area contributed by atoms with Crippen molar-refractivity contribution in [1.29, 1.82) is 0 Å². The van der Waals surface area contributed by atoms with Gasteiger partial charge in [-0.2, -0.15) is 0 Å². The lowest BCUT2D eigenvalue weighted by Crippen LogP contribution is -2.25. The SMILES string of the molecule is C[n+]1ccc(/C=N/c2nc3ccccc3[nH]2)cc1. The Morgan fingerprint density at radius 1 is 1.17 bits per heavy atom. The van der Waals surface area contributed by atoms with E-state index < -0.39 is 0 Å². The second-order valence-electron chi connectivity index (χ2n) is 4.13. The van der Waals surface area contributed by atoms with Crippen LogP contribution in [0.4, 0.5) is 5.95 Å². The molecule has 0 spiro atoms. The van der Waals surface area contributed by atoms with Gasteiger partial charge in [0.15, 0.2) is 12.4 Å². The lowest BCUT2D eigenvalue weighted by atomic mass is 10.3. The number of pyridine rings is 1. The predicted octanol–water partition coefficient (Wildman–Crippen LogP) is 2.14. The number of nitrogens with zero attached hydrogens (tertiary/aromatic N) is 3. The Morgan fingerprint density at radius 2 is 1.94 bits per heavy atom. The molecule has 3 rings (SSSR count). The Kier molecular flexibility index (Phi) is 2.61. The summed E-state index contributed by atoms with van der Waals surface area (Å²) in [6.45, 7) is 0. The third-order valence-corrected chi connectivity index (χ3v) is 2.72. The molecule has 0 bridgehead atoms. The number of fused-ring (bicyclic) bond motifs is 1. The Hall–Kier alpha value is -2.49. The zero-order valence-electron chi connectivity index (χ0n) is 10.0. The average Bonchev–Trinajstić information content (AvgIpc) is 2.81.